The third kappa shape index (κ3) is 1.75. The van der Waals surface area contributed by atoms with Gasteiger partial charge in [-0.1, -0.05) is 18.2 Å². The molecule has 1 aromatic carbocycles. The molecule has 0 amide bonds. The number of benzene rings is 1. The predicted octanol–water partition coefficient (Wildman–Crippen LogP) is 2.92. The molecule has 0 aliphatic heterocycles. The highest BCUT2D eigenvalue weighted by Crippen LogP contribution is 2.22. The Morgan fingerprint density at radius 2 is 2.07 bits per heavy atom. The van der Waals surface area contributed by atoms with Gasteiger partial charge < -0.3 is 0 Å². The summed E-state index contributed by atoms with van der Waals surface area (Å²) in [7, 11) is 0. The Morgan fingerprint density at radius 1 is 1.33 bits per heavy atom. The Balaban J connectivity index is 2.55. The van der Waals surface area contributed by atoms with Crippen LogP contribution in [0.15, 0.2) is 30.5 Å². The third-order valence-electron chi connectivity index (χ3n) is 2.16. The molecule has 0 fully saturated rings. The standard InChI is InChI=1S/C11H9F2N2/c1-8-4-2-3-5-9(8)15-10(11(12)13)6-7-14-15/h2-5,7,11H,1H3. The van der Waals surface area contributed by atoms with E-state index in [1.807, 2.05) is 19.1 Å². The number of hydrogen-bond acceptors (Lipinski definition) is 1. The maximum Gasteiger partial charge on any atom is 0.281 e. The van der Waals surface area contributed by atoms with Crippen LogP contribution in [0.3, 0.4) is 0 Å². The second-order valence-corrected chi connectivity index (χ2v) is 3.17. The molecule has 2 nitrogen and oxygen atoms in total. The van der Waals surface area contributed by atoms with Crippen molar-refractivity contribution in [3.63, 3.8) is 0 Å². The minimum absolute atomic E-state index is 0.204. The van der Waals surface area contributed by atoms with E-state index in [2.05, 4.69) is 11.2 Å². The summed E-state index contributed by atoms with van der Waals surface area (Å²) in [6, 6.07) is 9.68. The summed E-state index contributed by atoms with van der Waals surface area (Å²) >= 11 is 0. The van der Waals surface area contributed by atoms with Gasteiger partial charge in [0.15, 0.2) is 0 Å². The van der Waals surface area contributed by atoms with Crippen LogP contribution in [0.1, 0.15) is 17.7 Å². The van der Waals surface area contributed by atoms with E-state index >= 15 is 0 Å². The lowest BCUT2D eigenvalue weighted by atomic mass is 10.2. The van der Waals surface area contributed by atoms with Crippen LogP contribution < -0.4 is 0 Å². The lowest BCUT2D eigenvalue weighted by Crippen LogP contribution is -2.04. The van der Waals surface area contributed by atoms with E-state index < -0.39 is 6.43 Å². The minimum atomic E-state index is -2.56. The molecule has 0 aliphatic carbocycles. The highest BCUT2D eigenvalue weighted by atomic mass is 19.3. The number of alkyl halides is 2. The van der Waals surface area contributed by atoms with Gasteiger partial charge in [0.2, 0.25) is 0 Å². The van der Waals surface area contributed by atoms with Gasteiger partial charge in [-0.2, -0.15) is 5.10 Å². The van der Waals surface area contributed by atoms with Crippen molar-refractivity contribution in [3.8, 4) is 5.69 Å². The molecule has 0 aliphatic rings. The van der Waals surface area contributed by atoms with Gasteiger partial charge in [-0.25, -0.2) is 13.5 Å². The van der Waals surface area contributed by atoms with Crippen molar-refractivity contribution in [1.29, 1.82) is 0 Å². The number of aromatic nitrogens is 2. The van der Waals surface area contributed by atoms with E-state index in [-0.39, 0.29) is 5.69 Å². The highest BCUT2D eigenvalue weighted by molar-refractivity contribution is 5.40. The fraction of sp³-hybridized carbons (Fsp3) is 0.182. The van der Waals surface area contributed by atoms with Crippen molar-refractivity contribution in [2.24, 2.45) is 0 Å². The number of aryl methyl sites for hydroxylation is 1. The van der Waals surface area contributed by atoms with Gasteiger partial charge in [0, 0.05) is 6.07 Å². The molecule has 0 spiro atoms. The summed E-state index contributed by atoms with van der Waals surface area (Å²) < 4.78 is 26.4. The Morgan fingerprint density at radius 3 is 2.73 bits per heavy atom. The average Bonchev–Trinajstić information content (AvgIpc) is 2.67. The van der Waals surface area contributed by atoms with Crippen LogP contribution in [0.25, 0.3) is 5.69 Å². The summed E-state index contributed by atoms with van der Waals surface area (Å²) in [5, 5.41) is 3.85. The molecule has 0 atom stereocenters. The second-order valence-electron chi connectivity index (χ2n) is 3.17. The van der Waals surface area contributed by atoms with Crippen molar-refractivity contribution < 1.29 is 8.78 Å². The normalized spacial score (nSPS) is 10.9. The van der Waals surface area contributed by atoms with Gasteiger partial charge in [0.25, 0.3) is 6.43 Å². The molecular weight excluding hydrogens is 198 g/mol. The minimum Gasteiger partial charge on any atom is -0.231 e. The predicted molar refractivity (Wildman–Crippen MR) is 52.1 cm³/mol. The molecule has 0 saturated carbocycles. The highest BCUT2D eigenvalue weighted by Gasteiger charge is 2.15. The van der Waals surface area contributed by atoms with Crippen molar-refractivity contribution in [2.75, 3.05) is 0 Å². The number of nitrogens with zero attached hydrogens (tertiary/aromatic N) is 2. The van der Waals surface area contributed by atoms with Crippen molar-refractivity contribution in [1.82, 2.24) is 9.78 Å². The largest absolute Gasteiger partial charge is 0.281 e. The van der Waals surface area contributed by atoms with Crippen LogP contribution in [-0.4, -0.2) is 9.78 Å². The Bertz CT molecular complexity index is 463. The van der Waals surface area contributed by atoms with Crippen LogP contribution in [0.5, 0.6) is 0 Å². The van der Waals surface area contributed by atoms with E-state index in [9.17, 15) is 8.78 Å². The maximum atomic E-state index is 12.6. The van der Waals surface area contributed by atoms with Gasteiger partial charge in [-0.3, -0.25) is 0 Å². The summed E-state index contributed by atoms with van der Waals surface area (Å²) in [4.78, 5) is 0. The van der Waals surface area contributed by atoms with E-state index in [0.29, 0.717) is 5.69 Å². The zero-order valence-electron chi connectivity index (χ0n) is 8.11. The number of rotatable bonds is 2. The van der Waals surface area contributed by atoms with E-state index in [4.69, 9.17) is 0 Å². The monoisotopic (exact) mass is 207 g/mol. The average molecular weight is 207 g/mol. The van der Waals surface area contributed by atoms with E-state index in [1.54, 1.807) is 12.1 Å². The fourth-order valence-electron chi connectivity index (χ4n) is 1.42. The second kappa shape index (κ2) is 3.81. The Hall–Kier alpha value is -1.71. The number of halogens is 2. The molecular formula is C11H9F2N2. The van der Waals surface area contributed by atoms with Gasteiger partial charge in [-0.15, -0.1) is 0 Å². The van der Waals surface area contributed by atoms with Crippen molar-refractivity contribution in [2.45, 2.75) is 13.3 Å². The summed E-state index contributed by atoms with van der Waals surface area (Å²) in [5.41, 5.74) is 1.36. The van der Waals surface area contributed by atoms with Crippen LogP contribution >= 0.6 is 0 Å². The SMILES string of the molecule is Cc1ccccc1-n1nc[c]c1C(F)F. The molecule has 15 heavy (non-hydrogen) atoms. The van der Waals surface area contributed by atoms with Crippen LogP contribution in [0.4, 0.5) is 8.78 Å². The first kappa shape index (κ1) is 9.83. The summed E-state index contributed by atoms with van der Waals surface area (Å²) in [6.07, 6.45) is -1.30. The fourth-order valence-corrected chi connectivity index (χ4v) is 1.42. The molecule has 2 aromatic rings. The molecule has 2 rings (SSSR count). The van der Waals surface area contributed by atoms with Crippen LogP contribution in [0, 0.1) is 13.0 Å². The zero-order chi connectivity index (χ0) is 10.8. The van der Waals surface area contributed by atoms with Gasteiger partial charge in [0.1, 0.15) is 5.69 Å². The molecule has 77 valence electrons. The Labute approximate surface area is 86.2 Å². The van der Waals surface area contributed by atoms with Gasteiger partial charge in [-0.05, 0) is 18.6 Å². The van der Waals surface area contributed by atoms with Gasteiger partial charge in [0.05, 0.1) is 11.9 Å². The molecule has 0 bridgehead atoms. The van der Waals surface area contributed by atoms with E-state index in [0.717, 1.165) is 5.56 Å². The van der Waals surface area contributed by atoms with Crippen molar-refractivity contribution in [3.05, 3.63) is 47.8 Å². The summed E-state index contributed by atoms with van der Waals surface area (Å²) in [6.45, 7) is 1.85. The van der Waals surface area contributed by atoms with Crippen LogP contribution in [0.2, 0.25) is 0 Å². The molecule has 1 heterocycles. The third-order valence-corrected chi connectivity index (χ3v) is 2.16. The zero-order valence-corrected chi connectivity index (χ0v) is 8.11. The summed E-state index contributed by atoms with van der Waals surface area (Å²) in [5.74, 6) is 0. The first-order valence-corrected chi connectivity index (χ1v) is 4.50. The first-order chi connectivity index (χ1) is 7.20. The molecule has 0 unspecified atom stereocenters. The number of para-hydroxylation sites is 1. The molecule has 0 N–H and O–H groups in total. The van der Waals surface area contributed by atoms with E-state index in [1.165, 1.54) is 10.9 Å². The van der Waals surface area contributed by atoms with Crippen molar-refractivity contribution >= 4 is 0 Å². The smallest absolute Gasteiger partial charge is 0.231 e. The molecule has 4 heteroatoms. The molecule has 0 saturated heterocycles. The molecule has 1 aromatic heterocycles. The molecule has 1 radical (unpaired) electrons. The number of hydrogen-bond donors (Lipinski definition) is 0. The quantitative estimate of drug-likeness (QED) is 0.740. The Kier molecular flexibility index (Phi) is 2.49. The maximum absolute atomic E-state index is 12.6. The topological polar surface area (TPSA) is 17.8 Å². The first-order valence-electron chi connectivity index (χ1n) is 4.50. The lowest BCUT2D eigenvalue weighted by Gasteiger charge is -2.08. The lowest BCUT2D eigenvalue weighted by molar-refractivity contribution is 0.142. The van der Waals surface area contributed by atoms with Crippen LogP contribution in [-0.2, 0) is 0 Å². The van der Waals surface area contributed by atoms with Gasteiger partial charge >= 0.3 is 0 Å².